The van der Waals surface area contributed by atoms with Gasteiger partial charge in [0, 0.05) is 14.1 Å². The summed E-state index contributed by atoms with van der Waals surface area (Å²) in [5.74, 6) is 0.335. The second kappa shape index (κ2) is 4.33. The van der Waals surface area contributed by atoms with E-state index in [1.165, 1.54) is 18.4 Å². The summed E-state index contributed by atoms with van der Waals surface area (Å²) in [5.41, 5.74) is 1.04. The molecular weight excluding hydrogens is 210 g/mol. The Morgan fingerprint density at radius 2 is 1.80 bits per heavy atom. The lowest BCUT2D eigenvalue weighted by Crippen LogP contribution is -2.22. The summed E-state index contributed by atoms with van der Waals surface area (Å²) in [6.45, 7) is 4.09. The van der Waals surface area contributed by atoms with Crippen LogP contribution in [0.3, 0.4) is 0 Å². The maximum absolute atomic E-state index is 11.8. The third kappa shape index (κ3) is 2.58. The average molecular weight is 227 g/mol. The molecule has 0 aromatic heterocycles. The zero-order valence-electron chi connectivity index (χ0n) is 9.56. The summed E-state index contributed by atoms with van der Waals surface area (Å²) in [5, 5.41) is 0. The van der Waals surface area contributed by atoms with Crippen molar-refractivity contribution in [2.45, 2.75) is 24.7 Å². The first-order valence-corrected chi connectivity index (χ1v) is 6.32. The molecule has 0 N–H and O–H groups in total. The Balaban J connectivity index is 3.23. The zero-order chi connectivity index (χ0) is 11.6. The van der Waals surface area contributed by atoms with Crippen LogP contribution in [0.4, 0.5) is 0 Å². The second-order valence-corrected chi connectivity index (χ2v) is 6.17. The smallest absolute Gasteiger partial charge is 0.207 e. The van der Waals surface area contributed by atoms with Crippen LogP contribution in [0.15, 0.2) is 29.2 Å². The van der Waals surface area contributed by atoms with E-state index >= 15 is 0 Å². The first kappa shape index (κ1) is 12.2. The van der Waals surface area contributed by atoms with Crippen LogP contribution in [-0.4, -0.2) is 26.8 Å². The quantitative estimate of drug-likeness (QED) is 0.792. The maximum atomic E-state index is 11.8. The fourth-order valence-corrected chi connectivity index (χ4v) is 2.20. The van der Waals surface area contributed by atoms with Crippen molar-refractivity contribution in [3.8, 4) is 0 Å². The van der Waals surface area contributed by atoms with E-state index in [-0.39, 0.29) is 0 Å². The maximum Gasteiger partial charge on any atom is 0.242 e. The molecule has 0 atom stereocenters. The fourth-order valence-electron chi connectivity index (χ4n) is 1.24. The van der Waals surface area contributed by atoms with Gasteiger partial charge in [0.15, 0.2) is 0 Å². The van der Waals surface area contributed by atoms with E-state index in [0.717, 1.165) is 5.56 Å². The van der Waals surface area contributed by atoms with Crippen LogP contribution in [0, 0.1) is 0 Å². The predicted octanol–water partition coefficient (Wildman–Crippen LogP) is 2.06. The Bertz CT molecular complexity index is 436. The molecule has 0 aliphatic rings. The lowest BCUT2D eigenvalue weighted by atomic mass is 10.0. The Kier molecular flexibility index (Phi) is 3.52. The van der Waals surface area contributed by atoms with Gasteiger partial charge >= 0.3 is 0 Å². The zero-order valence-corrected chi connectivity index (χ0v) is 10.4. The molecule has 0 heterocycles. The molecule has 0 saturated carbocycles. The van der Waals surface area contributed by atoms with Crippen molar-refractivity contribution >= 4 is 10.0 Å². The summed E-state index contributed by atoms with van der Waals surface area (Å²) in [6.07, 6.45) is 0. The average Bonchev–Trinajstić information content (AvgIpc) is 2.17. The highest BCUT2D eigenvalue weighted by Gasteiger charge is 2.17. The summed E-state index contributed by atoms with van der Waals surface area (Å²) in [4.78, 5) is 0.360. The molecule has 84 valence electrons. The highest BCUT2D eigenvalue weighted by Crippen LogP contribution is 2.19. The first-order chi connectivity index (χ1) is 6.85. The van der Waals surface area contributed by atoms with Crippen molar-refractivity contribution in [1.82, 2.24) is 4.31 Å². The van der Waals surface area contributed by atoms with Crippen molar-refractivity contribution < 1.29 is 8.42 Å². The molecule has 3 nitrogen and oxygen atoms in total. The predicted molar refractivity (Wildman–Crippen MR) is 61.4 cm³/mol. The van der Waals surface area contributed by atoms with Gasteiger partial charge in [-0.15, -0.1) is 0 Å². The summed E-state index contributed by atoms with van der Waals surface area (Å²) >= 11 is 0. The number of hydrogen-bond acceptors (Lipinski definition) is 2. The number of hydrogen-bond donors (Lipinski definition) is 0. The SMILES string of the molecule is CC(C)c1cccc(S(=O)(=O)N(C)C)c1. The third-order valence-electron chi connectivity index (χ3n) is 2.30. The molecule has 0 saturated heterocycles. The fraction of sp³-hybridized carbons (Fsp3) is 0.455. The molecule has 0 bridgehead atoms. The minimum absolute atomic E-state index is 0.335. The highest BCUT2D eigenvalue weighted by atomic mass is 32.2. The summed E-state index contributed by atoms with van der Waals surface area (Å²) < 4.78 is 24.9. The van der Waals surface area contributed by atoms with Crippen LogP contribution in [0.25, 0.3) is 0 Å². The minimum Gasteiger partial charge on any atom is -0.207 e. The van der Waals surface area contributed by atoms with E-state index in [1.54, 1.807) is 18.2 Å². The number of benzene rings is 1. The molecule has 0 aliphatic heterocycles. The van der Waals surface area contributed by atoms with Crippen molar-refractivity contribution in [2.75, 3.05) is 14.1 Å². The lowest BCUT2D eigenvalue weighted by Gasteiger charge is -2.13. The second-order valence-electron chi connectivity index (χ2n) is 4.01. The van der Waals surface area contributed by atoms with Crippen molar-refractivity contribution in [3.05, 3.63) is 29.8 Å². The van der Waals surface area contributed by atoms with Crippen LogP contribution in [0.1, 0.15) is 25.3 Å². The highest BCUT2D eigenvalue weighted by molar-refractivity contribution is 7.89. The molecule has 0 unspecified atom stereocenters. The Morgan fingerprint density at radius 3 is 2.27 bits per heavy atom. The number of sulfonamides is 1. The van der Waals surface area contributed by atoms with Crippen molar-refractivity contribution in [3.63, 3.8) is 0 Å². The van der Waals surface area contributed by atoms with Gasteiger partial charge in [0.1, 0.15) is 0 Å². The molecule has 1 aromatic rings. The van der Waals surface area contributed by atoms with Gasteiger partial charge in [0.05, 0.1) is 4.90 Å². The molecule has 1 aromatic carbocycles. The molecular formula is C11H17NO2S. The van der Waals surface area contributed by atoms with Crippen LogP contribution >= 0.6 is 0 Å². The minimum atomic E-state index is -3.30. The van der Waals surface area contributed by atoms with Gasteiger partial charge in [-0.2, -0.15) is 0 Å². The van der Waals surface area contributed by atoms with Gasteiger partial charge in [0.2, 0.25) is 10.0 Å². The summed E-state index contributed by atoms with van der Waals surface area (Å²) in [7, 11) is -0.221. The van der Waals surface area contributed by atoms with Crippen LogP contribution in [0.5, 0.6) is 0 Å². The molecule has 1 rings (SSSR count). The molecule has 0 fully saturated rings. The first-order valence-electron chi connectivity index (χ1n) is 4.88. The van der Waals surface area contributed by atoms with Gasteiger partial charge in [-0.05, 0) is 23.6 Å². The van der Waals surface area contributed by atoms with Gasteiger partial charge in [-0.1, -0.05) is 26.0 Å². The Hall–Kier alpha value is -0.870. The van der Waals surface area contributed by atoms with Gasteiger partial charge in [-0.3, -0.25) is 0 Å². The van der Waals surface area contributed by atoms with Gasteiger partial charge < -0.3 is 0 Å². The van der Waals surface area contributed by atoms with E-state index < -0.39 is 10.0 Å². The van der Waals surface area contributed by atoms with E-state index in [9.17, 15) is 8.42 Å². The normalized spacial score (nSPS) is 12.4. The Labute approximate surface area is 91.8 Å². The van der Waals surface area contributed by atoms with Crippen molar-refractivity contribution in [1.29, 1.82) is 0 Å². The summed E-state index contributed by atoms with van der Waals surface area (Å²) in [6, 6.07) is 7.09. The van der Waals surface area contributed by atoms with Crippen LogP contribution in [0.2, 0.25) is 0 Å². The van der Waals surface area contributed by atoms with E-state index in [2.05, 4.69) is 0 Å². The van der Waals surface area contributed by atoms with Crippen LogP contribution < -0.4 is 0 Å². The topological polar surface area (TPSA) is 37.4 Å². The monoisotopic (exact) mass is 227 g/mol. The Morgan fingerprint density at radius 1 is 1.20 bits per heavy atom. The van der Waals surface area contributed by atoms with Crippen LogP contribution in [-0.2, 0) is 10.0 Å². The molecule has 4 heteroatoms. The lowest BCUT2D eigenvalue weighted by molar-refractivity contribution is 0.520. The van der Waals surface area contributed by atoms with E-state index in [4.69, 9.17) is 0 Å². The molecule has 0 radical (unpaired) electrons. The largest absolute Gasteiger partial charge is 0.242 e. The van der Waals surface area contributed by atoms with Crippen molar-refractivity contribution in [2.24, 2.45) is 0 Å². The number of nitrogens with zero attached hydrogens (tertiary/aromatic N) is 1. The van der Waals surface area contributed by atoms with Gasteiger partial charge in [0.25, 0.3) is 0 Å². The molecule has 0 aliphatic carbocycles. The standard InChI is InChI=1S/C11H17NO2S/c1-9(2)10-6-5-7-11(8-10)15(13,14)12(3)4/h5-9H,1-4H3. The van der Waals surface area contributed by atoms with E-state index in [1.807, 2.05) is 19.9 Å². The van der Waals surface area contributed by atoms with E-state index in [0.29, 0.717) is 10.8 Å². The third-order valence-corrected chi connectivity index (χ3v) is 4.11. The molecule has 0 spiro atoms. The molecule has 15 heavy (non-hydrogen) atoms. The van der Waals surface area contributed by atoms with Gasteiger partial charge in [-0.25, -0.2) is 12.7 Å². The molecule has 0 amide bonds. The number of rotatable bonds is 3.